The van der Waals surface area contributed by atoms with Gasteiger partial charge in [0.2, 0.25) is 5.91 Å². The van der Waals surface area contributed by atoms with Crippen molar-refractivity contribution in [3.63, 3.8) is 0 Å². The highest BCUT2D eigenvalue weighted by atomic mass is 32.2. The maximum atomic E-state index is 11.8. The molecule has 4 nitrogen and oxygen atoms in total. The van der Waals surface area contributed by atoms with Gasteiger partial charge in [-0.1, -0.05) is 0 Å². The van der Waals surface area contributed by atoms with E-state index in [0.29, 0.717) is 18.3 Å². The fraction of sp³-hybridized carbons (Fsp3) is 0.909. The molecule has 1 saturated carbocycles. The molecule has 0 radical (unpaired) electrons. The van der Waals surface area contributed by atoms with Crippen molar-refractivity contribution in [2.24, 2.45) is 5.73 Å². The number of amides is 1. The van der Waals surface area contributed by atoms with E-state index < -0.39 is 16.3 Å². The van der Waals surface area contributed by atoms with Crippen LogP contribution in [0.15, 0.2) is 0 Å². The molecule has 2 N–H and O–H groups in total. The third kappa shape index (κ3) is 4.61. The number of nitrogens with zero attached hydrogens (tertiary/aromatic N) is 1. The van der Waals surface area contributed by atoms with E-state index in [1.807, 2.05) is 25.7 Å². The van der Waals surface area contributed by atoms with Crippen molar-refractivity contribution in [1.82, 2.24) is 4.90 Å². The van der Waals surface area contributed by atoms with Crippen LogP contribution >= 0.6 is 0 Å². The Kier molecular flexibility index (Phi) is 4.50. The molecule has 0 aromatic heterocycles. The molecule has 5 heteroatoms. The van der Waals surface area contributed by atoms with E-state index in [2.05, 4.69) is 0 Å². The molecule has 16 heavy (non-hydrogen) atoms. The van der Waals surface area contributed by atoms with Gasteiger partial charge in [0.15, 0.2) is 0 Å². The minimum absolute atomic E-state index is 0.00702. The molecule has 1 fully saturated rings. The lowest BCUT2D eigenvalue weighted by Crippen LogP contribution is -2.42. The van der Waals surface area contributed by atoms with Crippen molar-refractivity contribution < 1.29 is 9.00 Å². The van der Waals surface area contributed by atoms with Gasteiger partial charge in [-0.05, 0) is 33.6 Å². The van der Waals surface area contributed by atoms with Gasteiger partial charge < -0.3 is 10.6 Å². The SMILES string of the molecule is CCN(C(=O)CS(=O)CC(C)(C)N)C1CC1. The van der Waals surface area contributed by atoms with Crippen LogP contribution in [0, 0.1) is 0 Å². The van der Waals surface area contributed by atoms with Crippen molar-refractivity contribution in [3.05, 3.63) is 0 Å². The number of carbonyl (C=O) groups excluding carboxylic acids is 1. The Labute approximate surface area is 100 Å². The number of hydrogen-bond donors (Lipinski definition) is 1. The normalized spacial score (nSPS) is 18.2. The molecule has 0 aliphatic heterocycles. The third-order valence-electron chi connectivity index (χ3n) is 2.47. The molecule has 0 aromatic carbocycles. The van der Waals surface area contributed by atoms with Crippen LogP contribution in [0.1, 0.15) is 33.6 Å². The van der Waals surface area contributed by atoms with E-state index in [9.17, 15) is 9.00 Å². The zero-order valence-electron chi connectivity index (χ0n) is 10.4. The van der Waals surface area contributed by atoms with Crippen LogP contribution in [0.4, 0.5) is 0 Å². The number of carbonyl (C=O) groups is 1. The van der Waals surface area contributed by atoms with Gasteiger partial charge in [0, 0.05) is 34.7 Å². The standard InChI is InChI=1S/C11H22N2O2S/c1-4-13(9-5-6-9)10(14)7-16(15)8-11(2,3)12/h9H,4-8,12H2,1-3H3. The summed E-state index contributed by atoms with van der Waals surface area (Å²) in [6.45, 7) is 6.33. The molecule has 1 aliphatic rings. The first-order valence-electron chi connectivity index (χ1n) is 5.77. The van der Waals surface area contributed by atoms with Crippen molar-refractivity contribution in [3.8, 4) is 0 Å². The molecule has 1 atom stereocenters. The zero-order chi connectivity index (χ0) is 12.3. The number of rotatable bonds is 6. The summed E-state index contributed by atoms with van der Waals surface area (Å²) in [6.07, 6.45) is 2.18. The second-order valence-electron chi connectivity index (χ2n) is 5.13. The lowest BCUT2D eigenvalue weighted by atomic mass is 10.1. The molecule has 0 heterocycles. The van der Waals surface area contributed by atoms with E-state index in [0.717, 1.165) is 12.8 Å². The smallest absolute Gasteiger partial charge is 0.235 e. The fourth-order valence-electron chi connectivity index (χ4n) is 1.71. The summed E-state index contributed by atoms with van der Waals surface area (Å²) in [6, 6.07) is 0.403. The van der Waals surface area contributed by atoms with Crippen LogP contribution in [-0.4, -0.2) is 44.6 Å². The summed E-state index contributed by atoms with van der Waals surface area (Å²) >= 11 is 0. The van der Waals surface area contributed by atoms with Crippen molar-refractivity contribution in [2.75, 3.05) is 18.1 Å². The Morgan fingerprint density at radius 2 is 2.06 bits per heavy atom. The third-order valence-corrected chi connectivity index (χ3v) is 4.10. The molecule has 0 saturated heterocycles. The van der Waals surface area contributed by atoms with Crippen LogP contribution in [-0.2, 0) is 15.6 Å². The average molecular weight is 246 g/mol. The van der Waals surface area contributed by atoms with E-state index in [-0.39, 0.29) is 11.7 Å². The van der Waals surface area contributed by atoms with Crippen LogP contribution in [0.2, 0.25) is 0 Å². The number of nitrogens with two attached hydrogens (primary N) is 1. The maximum Gasteiger partial charge on any atom is 0.235 e. The summed E-state index contributed by atoms with van der Waals surface area (Å²) in [5.74, 6) is 0.499. The predicted molar refractivity (Wildman–Crippen MR) is 66.6 cm³/mol. The molecular formula is C11H22N2O2S. The van der Waals surface area contributed by atoms with E-state index in [1.54, 1.807) is 0 Å². The number of hydrogen-bond acceptors (Lipinski definition) is 3. The van der Waals surface area contributed by atoms with Gasteiger partial charge in [0.1, 0.15) is 5.75 Å². The van der Waals surface area contributed by atoms with Gasteiger partial charge in [-0.25, -0.2) is 0 Å². The summed E-state index contributed by atoms with van der Waals surface area (Å²) in [5, 5.41) is 0. The van der Waals surface area contributed by atoms with Gasteiger partial charge in [-0.15, -0.1) is 0 Å². The second kappa shape index (κ2) is 5.27. The maximum absolute atomic E-state index is 11.8. The van der Waals surface area contributed by atoms with Crippen molar-refractivity contribution in [2.45, 2.75) is 45.2 Å². The quantitative estimate of drug-likeness (QED) is 0.741. The minimum Gasteiger partial charge on any atom is -0.339 e. The van der Waals surface area contributed by atoms with E-state index in [1.165, 1.54) is 0 Å². The largest absolute Gasteiger partial charge is 0.339 e. The zero-order valence-corrected chi connectivity index (χ0v) is 11.2. The monoisotopic (exact) mass is 246 g/mol. The molecule has 0 aromatic rings. The average Bonchev–Trinajstić information content (AvgIpc) is 2.85. The molecule has 1 rings (SSSR count). The second-order valence-corrected chi connectivity index (χ2v) is 6.59. The molecular weight excluding hydrogens is 224 g/mol. The summed E-state index contributed by atoms with van der Waals surface area (Å²) in [7, 11) is -1.15. The fourth-order valence-corrected chi connectivity index (χ4v) is 3.08. The Hall–Kier alpha value is -0.420. The van der Waals surface area contributed by atoms with Gasteiger partial charge >= 0.3 is 0 Å². The predicted octanol–water partition coefficient (Wildman–Crippen LogP) is 0.483. The van der Waals surface area contributed by atoms with Gasteiger partial charge in [-0.2, -0.15) is 0 Å². The molecule has 0 spiro atoms. The lowest BCUT2D eigenvalue weighted by Gasteiger charge is -2.22. The minimum atomic E-state index is -1.15. The molecule has 94 valence electrons. The first kappa shape index (κ1) is 13.6. The summed E-state index contributed by atoms with van der Waals surface area (Å²) in [4.78, 5) is 13.7. The van der Waals surface area contributed by atoms with E-state index in [4.69, 9.17) is 5.73 Å². The molecule has 0 bridgehead atoms. The Bertz CT molecular complexity index is 282. The first-order chi connectivity index (χ1) is 7.33. The summed E-state index contributed by atoms with van der Waals surface area (Å²) < 4.78 is 11.7. The molecule has 1 unspecified atom stereocenters. The van der Waals surface area contributed by atoms with Crippen molar-refractivity contribution >= 4 is 16.7 Å². The first-order valence-corrected chi connectivity index (χ1v) is 7.25. The lowest BCUT2D eigenvalue weighted by molar-refractivity contribution is -0.128. The van der Waals surface area contributed by atoms with Crippen molar-refractivity contribution in [1.29, 1.82) is 0 Å². The highest BCUT2D eigenvalue weighted by Gasteiger charge is 2.32. The van der Waals surface area contributed by atoms with Crippen LogP contribution < -0.4 is 5.73 Å². The topological polar surface area (TPSA) is 63.4 Å². The van der Waals surface area contributed by atoms with Crippen LogP contribution in [0.3, 0.4) is 0 Å². The van der Waals surface area contributed by atoms with Crippen LogP contribution in [0.25, 0.3) is 0 Å². The van der Waals surface area contributed by atoms with E-state index >= 15 is 0 Å². The van der Waals surface area contributed by atoms with Crippen LogP contribution in [0.5, 0.6) is 0 Å². The highest BCUT2D eigenvalue weighted by molar-refractivity contribution is 7.85. The molecule has 1 amide bonds. The Balaban J connectivity index is 2.40. The molecule has 1 aliphatic carbocycles. The Morgan fingerprint density at radius 1 is 1.50 bits per heavy atom. The van der Waals surface area contributed by atoms with Gasteiger partial charge in [-0.3, -0.25) is 9.00 Å². The summed E-state index contributed by atoms with van der Waals surface area (Å²) in [5.41, 5.74) is 5.30. The highest BCUT2D eigenvalue weighted by Crippen LogP contribution is 2.26. The Morgan fingerprint density at radius 3 is 2.44 bits per heavy atom. The van der Waals surface area contributed by atoms with Gasteiger partial charge in [0.05, 0.1) is 0 Å². The van der Waals surface area contributed by atoms with Gasteiger partial charge in [0.25, 0.3) is 0 Å².